The Morgan fingerprint density at radius 1 is 1.07 bits per heavy atom. The summed E-state index contributed by atoms with van der Waals surface area (Å²) < 4.78 is 5.33. The van der Waals surface area contributed by atoms with Gasteiger partial charge in [-0.1, -0.05) is 37.3 Å². The van der Waals surface area contributed by atoms with Crippen molar-refractivity contribution in [3.63, 3.8) is 0 Å². The molecule has 3 N–H and O–H groups in total. The standard InChI is InChI=1S/C18H23N5O4S/c1-11(2)17-22-23-18(28-17)19-14(24)7-8-15(25)20-21-16(26)10-27-13-6-4-5-12(3)9-13/h4-6,9,11H,7-8,10H2,1-3H3,(H,20,25)(H,21,26)(H,19,23,24). The van der Waals surface area contributed by atoms with Crippen molar-refractivity contribution in [1.29, 1.82) is 0 Å². The van der Waals surface area contributed by atoms with Gasteiger partial charge in [-0.3, -0.25) is 25.2 Å². The molecule has 0 aliphatic carbocycles. The molecule has 0 radical (unpaired) electrons. The molecule has 0 unspecified atom stereocenters. The lowest BCUT2D eigenvalue weighted by molar-refractivity contribution is -0.130. The van der Waals surface area contributed by atoms with Gasteiger partial charge in [0.1, 0.15) is 10.8 Å². The summed E-state index contributed by atoms with van der Waals surface area (Å²) in [5.41, 5.74) is 5.50. The fraction of sp³-hybridized carbons (Fsp3) is 0.389. The molecular weight excluding hydrogens is 382 g/mol. The zero-order valence-corrected chi connectivity index (χ0v) is 16.8. The van der Waals surface area contributed by atoms with E-state index in [2.05, 4.69) is 26.4 Å². The highest BCUT2D eigenvalue weighted by Crippen LogP contribution is 2.22. The Balaban J connectivity index is 1.63. The summed E-state index contributed by atoms with van der Waals surface area (Å²) in [4.78, 5) is 35.3. The smallest absolute Gasteiger partial charge is 0.276 e. The molecule has 0 atom stereocenters. The van der Waals surface area contributed by atoms with Gasteiger partial charge < -0.3 is 10.1 Å². The van der Waals surface area contributed by atoms with Crippen molar-refractivity contribution in [3.8, 4) is 5.75 Å². The second-order valence-electron chi connectivity index (χ2n) is 6.35. The van der Waals surface area contributed by atoms with Crippen LogP contribution in [0.1, 0.15) is 43.2 Å². The lowest BCUT2D eigenvalue weighted by Gasteiger charge is -2.09. The van der Waals surface area contributed by atoms with Gasteiger partial charge in [0, 0.05) is 18.8 Å². The van der Waals surface area contributed by atoms with Crippen LogP contribution in [0.4, 0.5) is 5.13 Å². The number of anilines is 1. The number of nitrogens with one attached hydrogen (secondary N) is 3. The predicted molar refractivity (Wildman–Crippen MR) is 105 cm³/mol. The van der Waals surface area contributed by atoms with Crippen LogP contribution < -0.4 is 20.9 Å². The number of hydrazine groups is 1. The first-order valence-corrected chi connectivity index (χ1v) is 9.55. The molecule has 0 fully saturated rings. The number of aryl methyl sites for hydroxylation is 1. The summed E-state index contributed by atoms with van der Waals surface area (Å²) in [6.07, 6.45) is -0.126. The molecule has 0 saturated heterocycles. The highest BCUT2D eigenvalue weighted by molar-refractivity contribution is 7.15. The van der Waals surface area contributed by atoms with Crippen molar-refractivity contribution >= 4 is 34.2 Å². The molecule has 1 heterocycles. The van der Waals surface area contributed by atoms with Crippen LogP contribution >= 0.6 is 11.3 Å². The van der Waals surface area contributed by atoms with Gasteiger partial charge in [0.15, 0.2) is 6.61 Å². The first-order chi connectivity index (χ1) is 13.3. The molecule has 28 heavy (non-hydrogen) atoms. The summed E-state index contributed by atoms with van der Waals surface area (Å²) in [6, 6.07) is 7.27. The van der Waals surface area contributed by atoms with Crippen LogP contribution in [0, 0.1) is 6.92 Å². The van der Waals surface area contributed by atoms with Gasteiger partial charge >= 0.3 is 0 Å². The second-order valence-corrected chi connectivity index (χ2v) is 7.36. The van der Waals surface area contributed by atoms with Gasteiger partial charge in [0.2, 0.25) is 16.9 Å². The van der Waals surface area contributed by atoms with Crippen LogP contribution in [0.15, 0.2) is 24.3 Å². The monoisotopic (exact) mass is 405 g/mol. The molecule has 9 nitrogen and oxygen atoms in total. The third kappa shape index (κ3) is 7.31. The van der Waals surface area contributed by atoms with Crippen LogP contribution in [-0.4, -0.2) is 34.5 Å². The van der Waals surface area contributed by atoms with Gasteiger partial charge in [-0.15, -0.1) is 10.2 Å². The number of hydrogen-bond donors (Lipinski definition) is 3. The van der Waals surface area contributed by atoms with E-state index in [1.165, 1.54) is 11.3 Å². The van der Waals surface area contributed by atoms with Gasteiger partial charge in [0.25, 0.3) is 5.91 Å². The number of amides is 3. The predicted octanol–water partition coefficient (Wildman–Crippen LogP) is 1.92. The summed E-state index contributed by atoms with van der Waals surface area (Å²) in [5, 5.41) is 11.7. The molecule has 150 valence electrons. The van der Waals surface area contributed by atoms with E-state index in [1.807, 2.05) is 32.9 Å². The average Bonchev–Trinajstić information content (AvgIpc) is 3.12. The number of ether oxygens (including phenoxy) is 1. The second kappa shape index (κ2) is 10.4. The average molecular weight is 405 g/mol. The molecule has 0 saturated carbocycles. The summed E-state index contributed by atoms with van der Waals surface area (Å²) in [7, 11) is 0. The molecule has 0 aliphatic rings. The van der Waals surface area contributed by atoms with Gasteiger partial charge in [0.05, 0.1) is 0 Å². The number of benzene rings is 1. The lowest BCUT2D eigenvalue weighted by Crippen LogP contribution is -2.44. The maximum atomic E-state index is 11.9. The van der Waals surface area contributed by atoms with Crippen molar-refractivity contribution in [2.75, 3.05) is 11.9 Å². The van der Waals surface area contributed by atoms with E-state index in [0.29, 0.717) is 10.9 Å². The maximum Gasteiger partial charge on any atom is 0.276 e. The highest BCUT2D eigenvalue weighted by atomic mass is 32.1. The van der Waals surface area contributed by atoms with Crippen LogP contribution in [0.5, 0.6) is 5.75 Å². The molecule has 0 spiro atoms. The minimum atomic E-state index is -0.505. The van der Waals surface area contributed by atoms with E-state index in [0.717, 1.165) is 10.6 Å². The van der Waals surface area contributed by atoms with Crippen LogP contribution in [0.2, 0.25) is 0 Å². The molecule has 1 aromatic carbocycles. The highest BCUT2D eigenvalue weighted by Gasteiger charge is 2.12. The zero-order valence-electron chi connectivity index (χ0n) is 15.9. The lowest BCUT2D eigenvalue weighted by atomic mass is 10.2. The minimum Gasteiger partial charge on any atom is -0.484 e. The SMILES string of the molecule is Cc1cccc(OCC(=O)NNC(=O)CCC(=O)Nc2nnc(C(C)C)s2)c1. The van der Waals surface area contributed by atoms with E-state index in [1.54, 1.807) is 12.1 Å². The van der Waals surface area contributed by atoms with Crippen molar-refractivity contribution in [2.24, 2.45) is 0 Å². The number of aromatic nitrogens is 2. The first-order valence-electron chi connectivity index (χ1n) is 8.74. The number of hydrogen-bond acceptors (Lipinski definition) is 7. The molecule has 10 heteroatoms. The van der Waals surface area contributed by atoms with E-state index < -0.39 is 11.8 Å². The number of rotatable bonds is 8. The first kappa shape index (κ1) is 21.3. The van der Waals surface area contributed by atoms with Crippen LogP contribution in [0.3, 0.4) is 0 Å². The normalized spacial score (nSPS) is 10.4. The molecule has 3 amide bonds. The van der Waals surface area contributed by atoms with Crippen LogP contribution in [0.25, 0.3) is 0 Å². The fourth-order valence-corrected chi connectivity index (χ4v) is 2.78. The molecular formula is C18H23N5O4S. The molecule has 2 aromatic rings. The van der Waals surface area contributed by atoms with Gasteiger partial charge in [-0.25, -0.2) is 0 Å². The molecule has 1 aromatic heterocycles. The zero-order chi connectivity index (χ0) is 20.5. The van der Waals surface area contributed by atoms with E-state index in [9.17, 15) is 14.4 Å². The Kier molecular flexibility index (Phi) is 7.88. The van der Waals surface area contributed by atoms with E-state index in [-0.39, 0.29) is 31.3 Å². The maximum absolute atomic E-state index is 11.9. The fourth-order valence-electron chi connectivity index (χ4n) is 2.02. The summed E-state index contributed by atoms with van der Waals surface area (Å²) >= 11 is 1.30. The van der Waals surface area contributed by atoms with Crippen molar-refractivity contribution < 1.29 is 19.1 Å². The molecule has 0 bridgehead atoms. The molecule has 0 aliphatic heterocycles. The van der Waals surface area contributed by atoms with E-state index in [4.69, 9.17) is 4.74 Å². The Morgan fingerprint density at radius 3 is 2.46 bits per heavy atom. The summed E-state index contributed by atoms with van der Waals surface area (Å²) in [5.74, 6) is -0.549. The third-order valence-corrected chi connectivity index (χ3v) is 4.60. The molecule has 2 rings (SSSR count). The number of carbonyl (C=O) groups excluding carboxylic acids is 3. The van der Waals surface area contributed by atoms with Gasteiger partial charge in [-0.05, 0) is 24.6 Å². The van der Waals surface area contributed by atoms with Gasteiger partial charge in [-0.2, -0.15) is 0 Å². The number of carbonyl (C=O) groups is 3. The Hall–Kier alpha value is -3.01. The van der Waals surface area contributed by atoms with E-state index >= 15 is 0 Å². The van der Waals surface area contributed by atoms with Crippen molar-refractivity contribution in [1.82, 2.24) is 21.0 Å². The Labute approximate surface area is 166 Å². The number of nitrogens with zero attached hydrogens (tertiary/aromatic N) is 2. The van der Waals surface area contributed by atoms with Crippen molar-refractivity contribution in [3.05, 3.63) is 34.8 Å². The quantitative estimate of drug-likeness (QED) is 0.577. The minimum absolute atomic E-state index is 0.0436. The topological polar surface area (TPSA) is 122 Å². The van der Waals surface area contributed by atoms with Crippen LogP contribution in [-0.2, 0) is 14.4 Å². The Bertz CT molecular complexity index is 837. The Morgan fingerprint density at radius 2 is 1.79 bits per heavy atom. The van der Waals surface area contributed by atoms with Crippen molar-refractivity contribution in [2.45, 2.75) is 39.5 Å². The largest absolute Gasteiger partial charge is 0.484 e. The summed E-state index contributed by atoms with van der Waals surface area (Å²) in [6.45, 7) is 5.64. The third-order valence-electron chi connectivity index (χ3n) is 3.46.